The standard InChI is InChI=1S/C8H11N3S/c1-3-4-5-7(9-2)8-6-10-12-11-8/h6-7,9H,5H2,1-2H3. The first-order valence-corrected chi connectivity index (χ1v) is 4.46. The van der Waals surface area contributed by atoms with E-state index in [-0.39, 0.29) is 6.04 Å². The molecule has 1 N–H and O–H groups in total. The van der Waals surface area contributed by atoms with Crippen molar-refractivity contribution in [1.29, 1.82) is 0 Å². The maximum Gasteiger partial charge on any atom is 0.0921 e. The summed E-state index contributed by atoms with van der Waals surface area (Å²) in [6, 6.07) is 0.219. The van der Waals surface area contributed by atoms with Gasteiger partial charge in [0.2, 0.25) is 0 Å². The second kappa shape index (κ2) is 4.86. The predicted molar refractivity (Wildman–Crippen MR) is 49.8 cm³/mol. The monoisotopic (exact) mass is 181 g/mol. The van der Waals surface area contributed by atoms with Crippen molar-refractivity contribution in [3.8, 4) is 11.8 Å². The Morgan fingerprint density at radius 3 is 3.08 bits per heavy atom. The highest BCUT2D eigenvalue weighted by atomic mass is 32.1. The van der Waals surface area contributed by atoms with Gasteiger partial charge in [-0.1, -0.05) is 0 Å². The first-order valence-electron chi connectivity index (χ1n) is 3.72. The van der Waals surface area contributed by atoms with Crippen LogP contribution in [0, 0.1) is 11.8 Å². The van der Waals surface area contributed by atoms with Gasteiger partial charge in [0.25, 0.3) is 0 Å². The third kappa shape index (κ3) is 2.29. The van der Waals surface area contributed by atoms with Gasteiger partial charge >= 0.3 is 0 Å². The molecule has 0 fully saturated rings. The van der Waals surface area contributed by atoms with Crippen LogP contribution in [0.25, 0.3) is 0 Å². The molecule has 4 heteroatoms. The summed E-state index contributed by atoms with van der Waals surface area (Å²) in [6.07, 6.45) is 2.57. The van der Waals surface area contributed by atoms with Crippen LogP contribution in [0.5, 0.6) is 0 Å². The number of hydrogen-bond donors (Lipinski definition) is 1. The molecule has 1 aromatic heterocycles. The van der Waals surface area contributed by atoms with Crippen LogP contribution >= 0.6 is 11.7 Å². The molecule has 1 heterocycles. The summed E-state index contributed by atoms with van der Waals surface area (Å²) in [5.74, 6) is 5.87. The largest absolute Gasteiger partial charge is 0.311 e. The summed E-state index contributed by atoms with van der Waals surface area (Å²) in [6.45, 7) is 1.84. The summed E-state index contributed by atoms with van der Waals surface area (Å²) in [5, 5.41) is 3.14. The van der Waals surface area contributed by atoms with Crippen LogP contribution in [-0.4, -0.2) is 15.8 Å². The molecule has 0 saturated heterocycles. The smallest absolute Gasteiger partial charge is 0.0921 e. The van der Waals surface area contributed by atoms with Gasteiger partial charge in [-0.2, -0.15) is 8.75 Å². The lowest BCUT2D eigenvalue weighted by atomic mass is 10.1. The van der Waals surface area contributed by atoms with Gasteiger partial charge in [0.15, 0.2) is 0 Å². The second-order valence-electron chi connectivity index (χ2n) is 2.30. The minimum absolute atomic E-state index is 0.219. The number of hydrogen-bond acceptors (Lipinski definition) is 4. The third-order valence-corrected chi connectivity index (χ3v) is 2.06. The quantitative estimate of drug-likeness (QED) is 0.712. The van der Waals surface area contributed by atoms with E-state index in [0.29, 0.717) is 0 Å². The molecule has 0 bridgehead atoms. The van der Waals surface area contributed by atoms with Gasteiger partial charge in [0, 0.05) is 6.42 Å². The van der Waals surface area contributed by atoms with Crippen molar-refractivity contribution in [2.24, 2.45) is 0 Å². The number of nitrogens with one attached hydrogen (secondary N) is 1. The van der Waals surface area contributed by atoms with Crippen LogP contribution in [0.15, 0.2) is 6.20 Å². The molecule has 64 valence electrons. The number of rotatable bonds is 3. The molecule has 1 aromatic rings. The van der Waals surface area contributed by atoms with Gasteiger partial charge in [0.1, 0.15) is 0 Å². The molecule has 12 heavy (non-hydrogen) atoms. The Labute approximate surface area is 76.5 Å². The van der Waals surface area contributed by atoms with Crippen molar-refractivity contribution in [3.63, 3.8) is 0 Å². The van der Waals surface area contributed by atoms with E-state index >= 15 is 0 Å². The van der Waals surface area contributed by atoms with E-state index in [1.807, 2.05) is 14.0 Å². The topological polar surface area (TPSA) is 37.8 Å². The van der Waals surface area contributed by atoms with Crippen molar-refractivity contribution < 1.29 is 0 Å². The van der Waals surface area contributed by atoms with Crippen LogP contribution in [0.2, 0.25) is 0 Å². The first-order chi connectivity index (χ1) is 5.88. The lowest BCUT2D eigenvalue weighted by Gasteiger charge is -2.07. The van der Waals surface area contributed by atoms with Gasteiger partial charge in [0.05, 0.1) is 29.7 Å². The molecule has 0 spiro atoms. The molecule has 1 rings (SSSR count). The average molecular weight is 181 g/mol. The first kappa shape index (κ1) is 9.17. The van der Waals surface area contributed by atoms with E-state index in [4.69, 9.17) is 0 Å². The molecule has 0 aromatic carbocycles. The lowest BCUT2D eigenvalue weighted by molar-refractivity contribution is 0.599. The zero-order valence-electron chi connectivity index (χ0n) is 7.16. The molecule has 3 nitrogen and oxygen atoms in total. The van der Waals surface area contributed by atoms with E-state index in [1.54, 1.807) is 6.20 Å². The van der Waals surface area contributed by atoms with Crippen molar-refractivity contribution in [2.45, 2.75) is 19.4 Å². The highest BCUT2D eigenvalue weighted by molar-refractivity contribution is 6.99. The highest BCUT2D eigenvalue weighted by Crippen LogP contribution is 2.12. The average Bonchev–Trinajstić information content (AvgIpc) is 2.59. The van der Waals surface area contributed by atoms with E-state index in [9.17, 15) is 0 Å². The molecule has 0 amide bonds. The van der Waals surface area contributed by atoms with Crippen LogP contribution in [0.3, 0.4) is 0 Å². The molecule has 1 atom stereocenters. The lowest BCUT2D eigenvalue weighted by Crippen LogP contribution is -2.15. The normalized spacial score (nSPS) is 11.8. The van der Waals surface area contributed by atoms with Crippen LogP contribution in [-0.2, 0) is 0 Å². The minimum atomic E-state index is 0.219. The predicted octanol–water partition coefficient (Wildman–Crippen LogP) is 1.21. The van der Waals surface area contributed by atoms with Crippen LogP contribution in [0.1, 0.15) is 25.1 Å². The van der Waals surface area contributed by atoms with Crippen LogP contribution in [0.4, 0.5) is 0 Å². The Balaban J connectivity index is 2.61. The zero-order valence-corrected chi connectivity index (χ0v) is 7.98. The van der Waals surface area contributed by atoms with Gasteiger partial charge in [-0.25, -0.2) is 0 Å². The van der Waals surface area contributed by atoms with Crippen LogP contribution < -0.4 is 5.32 Å². The maximum atomic E-state index is 4.14. The highest BCUT2D eigenvalue weighted by Gasteiger charge is 2.09. The fourth-order valence-electron chi connectivity index (χ4n) is 0.884. The Kier molecular flexibility index (Phi) is 3.71. The van der Waals surface area contributed by atoms with E-state index < -0.39 is 0 Å². The second-order valence-corrected chi connectivity index (χ2v) is 2.86. The summed E-state index contributed by atoms with van der Waals surface area (Å²) in [7, 11) is 1.90. The third-order valence-electron chi connectivity index (χ3n) is 1.57. The van der Waals surface area contributed by atoms with Gasteiger partial charge in [-0.15, -0.1) is 11.8 Å². The summed E-state index contributed by atoms with van der Waals surface area (Å²) in [5.41, 5.74) is 0.977. The number of nitrogens with zero attached hydrogens (tertiary/aromatic N) is 2. The molecule has 1 unspecified atom stereocenters. The Hall–Kier alpha value is -0.920. The molecular formula is C8H11N3S. The van der Waals surface area contributed by atoms with Crippen molar-refractivity contribution in [1.82, 2.24) is 14.1 Å². The fraction of sp³-hybridized carbons (Fsp3) is 0.500. The Morgan fingerprint density at radius 1 is 1.75 bits per heavy atom. The van der Waals surface area contributed by atoms with Crippen molar-refractivity contribution in [3.05, 3.63) is 11.9 Å². The van der Waals surface area contributed by atoms with Crippen molar-refractivity contribution in [2.75, 3.05) is 7.05 Å². The van der Waals surface area contributed by atoms with Gasteiger partial charge in [-0.05, 0) is 14.0 Å². The molecule has 0 saturated carbocycles. The zero-order chi connectivity index (χ0) is 8.81. The van der Waals surface area contributed by atoms with E-state index in [0.717, 1.165) is 12.1 Å². The molecule has 0 radical (unpaired) electrons. The molecule has 0 aliphatic heterocycles. The van der Waals surface area contributed by atoms with E-state index in [1.165, 1.54) is 11.7 Å². The minimum Gasteiger partial charge on any atom is -0.311 e. The number of aromatic nitrogens is 2. The summed E-state index contributed by atoms with van der Waals surface area (Å²) in [4.78, 5) is 0. The van der Waals surface area contributed by atoms with Gasteiger partial charge in [-0.3, -0.25) is 0 Å². The molecule has 0 aliphatic carbocycles. The van der Waals surface area contributed by atoms with Gasteiger partial charge < -0.3 is 5.32 Å². The summed E-state index contributed by atoms with van der Waals surface area (Å²) < 4.78 is 8.08. The molecule has 0 aliphatic rings. The van der Waals surface area contributed by atoms with Crippen molar-refractivity contribution >= 4 is 11.7 Å². The SMILES string of the molecule is CC#CCC(NC)c1cnsn1. The Morgan fingerprint density at radius 2 is 2.58 bits per heavy atom. The van der Waals surface area contributed by atoms with E-state index in [2.05, 4.69) is 25.9 Å². The summed E-state index contributed by atoms with van der Waals surface area (Å²) >= 11 is 1.23. The Bertz CT molecular complexity index is 270. The molecular weight excluding hydrogens is 170 g/mol. The maximum absolute atomic E-state index is 4.14. The fourth-order valence-corrected chi connectivity index (χ4v) is 1.36.